The fourth-order valence-electron chi connectivity index (χ4n) is 1.91. The summed E-state index contributed by atoms with van der Waals surface area (Å²) >= 11 is 3.49. The van der Waals surface area contributed by atoms with Gasteiger partial charge in [0.25, 0.3) is 0 Å². The Morgan fingerprint density at radius 1 is 1.38 bits per heavy atom. The summed E-state index contributed by atoms with van der Waals surface area (Å²) < 4.78 is 12.4. The minimum Gasteiger partial charge on any atom is -0.382 e. The van der Waals surface area contributed by atoms with Crippen molar-refractivity contribution in [3.05, 3.63) is 28.2 Å². The van der Waals surface area contributed by atoms with E-state index in [1.807, 2.05) is 0 Å². The first-order valence-electron chi connectivity index (χ1n) is 5.53. The Labute approximate surface area is 107 Å². The highest BCUT2D eigenvalue weighted by atomic mass is 79.9. The molecule has 0 saturated carbocycles. The van der Waals surface area contributed by atoms with Crippen LogP contribution in [0, 0.1) is 6.92 Å². The monoisotopic (exact) mass is 301 g/mol. The number of benzene rings is 1. The molecule has 1 aliphatic rings. The average molecular weight is 302 g/mol. The number of anilines is 1. The zero-order valence-electron chi connectivity index (χ0n) is 9.33. The fourth-order valence-corrected chi connectivity index (χ4v) is 3.45. The summed E-state index contributed by atoms with van der Waals surface area (Å²) in [6, 6.07) is 6.79. The maximum Gasteiger partial charge on any atom is 0.0345 e. The van der Waals surface area contributed by atoms with Crippen LogP contribution in [0.2, 0.25) is 0 Å². The molecule has 0 atom stereocenters. The van der Waals surface area contributed by atoms with E-state index in [-0.39, 0.29) is 0 Å². The van der Waals surface area contributed by atoms with Crippen LogP contribution in [0.15, 0.2) is 22.7 Å². The first-order valence-corrected chi connectivity index (χ1v) is 7.81. The molecule has 1 aromatic rings. The van der Waals surface area contributed by atoms with Crippen molar-refractivity contribution >= 4 is 32.4 Å². The second kappa shape index (κ2) is 5.32. The highest BCUT2D eigenvalue weighted by Crippen LogP contribution is 2.22. The van der Waals surface area contributed by atoms with Gasteiger partial charge in [-0.2, -0.15) is 0 Å². The van der Waals surface area contributed by atoms with Crippen LogP contribution in [-0.2, 0) is 10.8 Å². The highest BCUT2D eigenvalue weighted by Gasteiger charge is 2.17. The topological polar surface area (TPSA) is 29.1 Å². The molecule has 1 saturated heterocycles. The van der Waals surface area contributed by atoms with Crippen LogP contribution in [0.3, 0.4) is 0 Å². The predicted molar refractivity (Wildman–Crippen MR) is 73.4 cm³/mol. The summed E-state index contributed by atoms with van der Waals surface area (Å²) in [6.45, 7) is 2.09. The van der Waals surface area contributed by atoms with Gasteiger partial charge in [0.2, 0.25) is 0 Å². The zero-order chi connectivity index (χ0) is 11.5. The lowest BCUT2D eigenvalue weighted by atomic mass is 10.1. The second-order valence-electron chi connectivity index (χ2n) is 4.23. The van der Waals surface area contributed by atoms with Gasteiger partial charge >= 0.3 is 0 Å². The van der Waals surface area contributed by atoms with Gasteiger partial charge in [-0.25, -0.2) is 0 Å². The van der Waals surface area contributed by atoms with Crippen LogP contribution in [0.1, 0.15) is 18.4 Å². The van der Waals surface area contributed by atoms with Crippen LogP contribution >= 0.6 is 15.9 Å². The van der Waals surface area contributed by atoms with E-state index in [0.29, 0.717) is 6.04 Å². The summed E-state index contributed by atoms with van der Waals surface area (Å²) in [4.78, 5) is 0. The molecular formula is C12H16BrNOS. The van der Waals surface area contributed by atoms with Crippen molar-refractivity contribution in [2.45, 2.75) is 25.8 Å². The van der Waals surface area contributed by atoms with Gasteiger partial charge in [0, 0.05) is 38.5 Å². The van der Waals surface area contributed by atoms with Crippen molar-refractivity contribution < 1.29 is 4.21 Å². The van der Waals surface area contributed by atoms with E-state index in [9.17, 15) is 4.21 Å². The minimum absolute atomic E-state index is 0.485. The summed E-state index contributed by atoms with van der Waals surface area (Å²) in [5, 5.41) is 3.51. The molecule has 0 amide bonds. The van der Waals surface area contributed by atoms with Gasteiger partial charge in [0.1, 0.15) is 0 Å². The van der Waals surface area contributed by atoms with Crippen molar-refractivity contribution in [1.82, 2.24) is 0 Å². The average Bonchev–Trinajstić information content (AvgIpc) is 2.27. The van der Waals surface area contributed by atoms with Gasteiger partial charge in [0.15, 0.2) is 0 Å². The largest absolute Gasteiger partial charge is 0.382 e. The van der Waals surface area contributed by atoms with Crippen molar-refractivity contribution in [1.29, 1.82) is 0 Å². The van der Waals surface area contributed by atoms with Crippen molar-refractivity contribution in [2.24, 2.45) is 0 Å². The molecule has 16 heavy (non-hydrogen) atoms. The van der Waals surface area contributed by atoms with Crippen LogP contribution in [0.25, 0.3) is 0 Å². The van der Waals surface area contributed by atoms with Gasteiger partial charge in [-0.3, -0.25) is 4.21 Å². The molecule has 1 heterocycles. The molecule has 0 aromatic heterocycles. The van der Waals surface area contributed by atoms with E-state index < -0.39 is 10.8 Å². The quantitative estimate of drug-likeness (QED) is 0.909. The molecule has 0 aliphatic carbocycles. The molecule has 0 unspecified atom stereocenters. The maximum atomic E-state index is 11.2. The van der Waals surface area contributed by atoms with E-state index in [0.717, 1.165) is 28.8 Å². The lowest BCUT2D eigenvalue weighted by Crippen LogP contribution is -2.29. The Balaban J connectivity index is 1.98. The van der Waals surface area contributed by atoms with Gasteiger partial charge < -0.3 is 5.32 Å². The van der Waals surface area contributed by atoms with Crippen LogP contribution < -0.4 is 5.32 Å². The van der Waals surface area contributed by atoms with E-state index in [1.54, 1.807) is 0 Å². The lowest BCUT2D eigenvalue weighted by molar-refractivity contribution is 0.624. The maximum absolute atomic E-state index is 11.2. The number of hydrogen-bond donors (Lipinski definition) is 1. The van der Waals surface area contributed by atoms with Crippen molar-refractivity contribution in [3.63, 3.8) is 0 Å². The normalized spacial score (nSPS) is 25.4. The molecule has 1 N–H and O–H groups in total. The third-order valence-electron chi connectivity index (χ3n) is 2.92. The smallest absolute Gasteiger partial charge is 0.0345 e. The van der Waals surface area contributed by atoms with Crippen molar-refractivity contribution in [2.75, 3.05) is 16.8 Å². The fraction of sp³-hybridized carbons (Fsp3) is 0.500. The Bertz CT molecular complexity index is 398. The van der Waals surface area contributed by atoms with Gasteiger partial charge in [0.05, 0.1) is 0 Å². The third-order valence-corrected chi connectivity index (χ3v) is 5.19. The number of aryl methyl sites for hydroxylation is 1. The number of nitrogens with one attached hydrogen (secondary N) is 1. The second-order valence-corrected chi connectivity index (χ2v) is 6.78. The van der Waals surface area contributed by atoms with Crippen LogP contribution in [0.5, 0.6) is 0 Å². The molecule has 2 nitrogen and oxygen atoms in total. The van der Waals surface area contributed by atoms with E-state index in [4.69, 9.17) is 0 Å². The van der Waals surface area contributed by atoms with Gasteiger partial charge in [-0.1, -0.05) is 15.9 Å². The SMILES string of the molecule is Cc1cc(NC2CCS(=O)CC2)ccc1Br. The predicted octanol–water partition coefficient (Wildman–Crippen LogP) is 3.08. The molecule has 0 radical (unpaired) electrons. The number of hydrogen-bond acceptors (Lipinski definition) is 2. The van der Waals surface area contributed by atoms with Crippen LogP contribution in [-0.4, -0.2) is 21.8 Å². The molecule has 2 rings (SSSR count). The molecule has 0 bridgehead atoms. The summed E-state index contributed by atoms with van der Waals surface area (Å²) in [6.07, 6.45) is 2.03. The van der Waals surface area contributed by atoms with Crippen molar-refractivity contribution in [3.8, 4) is 0 Å². The lowest BCUT2D eigenvalue weighted by Gasteiger charge is -2.23. The first kappa shape index (κ1) is 12.1. The summed E-state index contributed by atoms with van der Waals surface area (Å²) in [7, 11) is -0.574. The summed E-state index contributed by atoms with van der Waals surface area (Å²) in [5.74, 6) is 1.68. The van der Waals surface area contributed by atoms with E-state index >= 15 is 0 Å². The molecular weight excluding hydrogens is 286 g/mol. The Hall–Kier alpha value is -0.350. The Morgan fingerprint density at radius 2 is 2.06 bits per heavy atom. The molecule has 4 heteroatoms. The minimum atomic E-state index is -0.574. The van der Waals surface area contributed by atoms with Crippen LogP contribution in [0.4, 0.5) is 5.69 Å². The third kappa shape index (κ3) is 3.08. The van der Waals surface area contributed by atoms with Gasteiger partial charge in [-0.15, -0.1) is 0 Å². The van der Waals surface area contributed by atoms with Gasteiger partial charge in [-0.05, 0) is 43.5 Å². The first-order chi connectivity index (χ1) is 7.65. The number of rotatable bonds is 2. The highest BCUT2D eigenvalue weighted by molar-refractivity contribution is 9.10. The summed E-state index contributed by atoms with van der Waals surface area (Å²) in [5.41, 5.74) is 2.41. The Morgan fingerprint density at radius 3 is 2.69 bits per heavy atom. The van der Waals surface area contributed by atoms with E-state index in [1.165, 1.54) is 11.3 Å². The van der Waals surface area contributed by atoms with E-state index in [2.05, 4.69) is 46.4 Å². The molecule has 1 aromatic carbocycles. The molecule has 1 aliphatic heterocycles. The molecule has 88 valence electrons. The molecule has 1 fully saturated rings. The molecule has 0 spiro atoms. The number of halogens is 1. The Kier molecular flexibility index (Phi) is 4.03. The standard InChI is InChI=1S/C12H16BrNOS/c1-9-8-11(2-3-12(9)13)14-10-4-6-16(15)7-5-10/h2-3,8,10,14H,4-7H2,1H3. The zero-order valence-corrected chi connectivity index (χ0v) is 11.7.